The van der Waals surface area contributed by atoms with Gasteiger partial charge in [0.1, 0.15) is 11.6 Å². The number of pyridine rings is 1. The largest absolute Gasteiger partial charge is 0.256 e. The van der Waals surface area contributed by atoms with E-state index < -0.39 is 11.6 Å². The summed E-state index contributed by atoms with van der Waals surface area (Å²) in [4.78, 5) is 4.32. The van der Waals surface area contributed by atoms with Crippen molar-refractivity contribution in [1.29, 1.82) is 0 Å². The molecule has 0 N–H and O–H groups in total. The van der Waals surface area contributed by atoms with E-state index in [0.29, 0.717) is 17.6 Å². The second-order valence-electron chi connectivity index (χ2n) is 7.32. The van der Waals surface area contributed by atoms with E-state index >= 15 is 0 Å². The number of allylic oxidation sites excluding steroid dienone is 1. The van der Waals surface area contributed by atoms with Crippen LogP contribution in [0.2, 0.25) is 0 Å². The van der Waals surface area contributed by atoms with Crippen LogP contribution in [0.5, 0.6) is 0 Å². The quantitative estimate of drug-likeness (QED) is 0.541. The van der Waals surface area contributed by atoms with Crippen molar-refractivity contribution in [2.75, 3.05) is 0 Å². The Morgan fingerprint density at radius 3 is 2.39 bits per heavy atom. The van der Waals surface area contributed by atoms with Crippen LogP contribution >= 0.6 is 0 Å². The Hall–Kier alpha value is -2.54. The van der Waals surface area contributed by atoms with Gasteiger partial charge in [0.25, 0.3) is 0 Å². The Labute approximate surface area is 164 Å². The molecule has 0 saturated heterocycles. The van der Waals surface area contributed by atoms with E-state index in [1.165, 1.54) is 12.1 Å². The minimum atomic E-state index is -0.670. The first-order valence-corrected chi connectivity index (χ1v) is 9.83. The third-order valence-electron chi connectivity index (χ3n) is 5.22. The topological polar surface area (TPSA) is 12.9 Å². The highest BCUT2D eigenvalue weighted by Gasteiger charge is 2.18. The molecule has 2 aromatic rings. The fraction of sp³-hybridized carbons (Fsp3) is 0.375. The van der Waals surface area contributed by atoms with Crippen molar-refractivity contribution in [2.24, 2.45) is 11.8 Å². The van der Waals surface area contributed by atoms with E-state index in [1.54, 1.807) is 18.3 Å². The third kappa shape index (κ3) is 5.04. The fourth-order valence-corrected chi connectivity index (χ4v) is 3.61. The van der Waals surface area contributed by atoms with E-state index in [9.17, 15) is 13.2 Å². The average Bonchev–Trinajstić information content (AvgIpc) is 2.69. The summed E-state index contributed by atoms with van der Waals surface area (Å²) >= 11 is 0. The molecule has 1 aliphatic carbocycles. The molecule has 1 aliphatic rings. The van der Waals surface area contributed by atoms with Gasteiger partial charge in [0.15, 0.2) is 0 Å². The number of aryl methyl sites for hydroxylation is 1. The SMILES string of the molecule is CCCc1ccc(-c2cc(F)c(C#CC3CCC(C=CF)CC3)c(F)c2)nc1. The molecular formula is C24H24F3N. The number of hydrogen-bond acceptors (Lipinski definition) is 1. The molecule has 1 fully saturated rings. The summed E-state index contributed by atoms with van der Waals surface area (Å²) in [6.07, 6.45) is 9.19. The van der Waals surface area contributed by atoms with Crippen LogP contribution in [0, 0.1) is 35.3 Å². The number of aromatic nitrogens is 1. The maximum absolute atomic E-state index is 14.5. The molecule has 1 aromatic heterocycles. The van der Waals surface area contributed by atoms with Crippen LogP contribution in [-0.4, -0.2) is 4.98 Å². The fourth-order valence-electron chi connectivity index (χ4n) is 3.61. The highest BCUT2D eigenvalue weighted by atomic mass is 19.1. The third-order valence-corrected chi connectivity index (χ3v) is 5.22. The van der Waals surface area contributed by atoms with Crippen LogP contribution in [0.25, 0.3) is 11.3 Å². The molecule has 28 heavy (non-hydrogen) atoms. The second-order valence-corrected chi connectivity index (χ2v) is 7.32. The van der Waals surface area contributed by atoms with Crippen LogP contribution in [-0.2, 0) is 6.42 Å². The molecule has 1 saturated carbocycles. The lowest BCUT2D eigenvalue weighted by molar-refractivity contribution is 0.362. The molecular weight excluding hydrogens is 359 g/mol. The lowest BCUT2D eigenvalue weighted by atomic mass is 9.82. The van der Waals surface area contributed by atoms with Gasteiger partial charge < -0.3 is 0 Å². The van der Waals surface area contributed by atoms with Crippen LogP contribution < -0.4 is 0 Å². The predicted octanol–water partition coefficient (Wildman–Crippen LogP) is 6.62. The van der Waals surface area contributed by atoms with Crippen LogP contribution in [0.1, 0.15) is 50.2 Å². The minimum Gasteiger partial charge on any atom is -0.256 e. The predicted molar refractivity (Wildman–Crippen MR) is 106 cm³/mol. The van der Waals surface area contributed by atoms with Crippen molar-refractivity contribution in [3.05, 3.63) is 65.6 Å². The average molecular weight is 383 g/mol. The zero-order valence-corrected chi connectivity index (χ0v) is 16.0. The van der Waals surface area contributed by atoms with Gasteiger partial charge in [-0.1, -0.05) is 37.3 Å². The van der Waals surface area contributed by atoms with Gasteiger partial charge in [-0.25, -0.2) is 13.2 Å². The van der Waals surface area contributed by atoms with Gasteiger partial charge in [-0.05, 0) is 61.8 Å². The van der Waals surface area contributed by atoms with Crippen LogP contribution in [0.3, 0.4) is 0 Å². The van der Waals surface area contributed by atoms with Gasteiger partial charge in [0.2, 0.25) is 0 Å². The van der Waals surface area contributed by atoms with E-state index in [2.05, 4.69) is 23.7 Å². The highest BCUT2D eigenvalue weighted by molar-refractivity contribution is 5.61. The Morgan fingerprint density at radius 2 is 1.82 bits per heavy atom. The molecule has 1 heterocycles. The van der Waals surface area contributed by atoms with Crippen molar-refractivity contribution in [3.63, 3.8) is 0 Å². The Morgan fingerprint density at radius 1 is 1.11 bits per heavy atom. The molecule has 0 radical (unpaired) electrons. The molecule has 0 unspecified atom stereocenters. The standard InChI is InChI=1S/C24H24F3N/c1-2-3-19-9-11-24(28-16-19)20-14-22(26)21(23(27)15-20)10-8-17-4-6-18(7-5-17)12-13-25/h9,11-18H,2-7H2,1H3. The summed E-state index contributed by atoms with van der Waals surface area (Å²) in [7, 11) is 0. The van der Waals surface area contributed by atoms with Crippen molar-refractivity contribution < 1.29 is 13.2 Å². The van der Waals surface area contributed by atoms with E-state index in [0.717, 1.165) is 44.1 Å². The zero-order chi connectivity index (χ0) is 19.9. The molecule has 0 atom stereocenters. The first-order chi connectivity index (χ1) is 13.6. The number of benzene rings is 1. The minimum absolute atomic E-state index is 0.0931. The number of rotatable bonds is 4. The van der Waals surface area contributed by atoms with Gasteiger partial charge in [0, 0.05) is 17.7 Å². The normalized spacial score (nSPS) is 19.4. The van der Waals surface area contributed by atoms with Gasteiger partial charge >= 0.3 is 0 Å². The maximum atomic E-state index is 14.5. The Bertz CT molecular complexity index is 859. The lowest BCUT2D eigenvalue weighted by Gasteiger charge is -2.22. The molecule has 4 heteroatoms. The molecule has 0 amide bonds. The smallest absolute Gasteiger partial charge is 0.142 e. The molecule has 0 spiro atoms. The van der Waals surface area contributed by atoms with E-state index in [4.69, 9.17) is 0 Å². The summed E-state index contributed by atoms with van der Waals surface area (Å²) in [5.41, 5.74) is 1.85. The summed E-state index contributed by atoms with van der Waals surface area (Å²) in [5.74, 6) is 4.68. The number of halogens is 3. The highest BCUT2D eigenvalue weighted by Crippen LogP contribution is 2.29. The van der Waals surface area contributed by atoms with Gasteiger partial charge in [-0.2, -0.15) is 0 Å². The molecule has 0 bridgehead atoms. The summed E-state index contributed by atoms with van der Waals surface area (Å²) in [6.45, 7) is 2.09. The maximum Gasteiger partial charge on any atom is 0.142 e. The number of hydrogen-bond donors (Lipinski definition) is 0. The molecule has 3 rings (SSSR count). The summed E-state index contributed by atoms with van der Waals surface area (Å²) < 4.78 is 41.2. The van der Waals surface area contributed by atoms with Crippen LogP contribution in [0.15, 0.2) is 42.9 Å². The summed E-state index contributed by atoms with van der Waals surface area (Å²) in [6, 6.07) is 6.30. The Kier molecular flexibility index (Phi) is 6.92. The van der Waals surface area contributed by atoms with E-state index in [1.807, 2.05) is 6.07 Å². The number of nitrogens with zero attached hydrogens (tertiary/aromatic N) is 1. The van der Waals surface area contributed by atoms with Gasteiger partial charge in [-0.15, -0.1) is 0 Å². The molecule has 0 aliphatic heterocycles. The van der Waals surface area contributed by atoms with Crippen molar-refractivity contribution in [1.82, 2.24) is 4.98 Å². The van der Waals surface area contributed by atoms with Crippen molar-refractivity contribution in [3.8, 4) is 23.1 Å². The molecule has 1 nitrogen and oxygen atoms in total. The van der Waals surface area contributed by atoms with Gasteiger partial charge in [-0.3, -0.25) is 4.98 Å². The molecule has 1 aromatic carbocycles. The first-order valence-electron chi connectivity index (χ1n) is 9.83. The van der Waals surface area contributed by atoms with Gasteiger partial charge in [0.05, 0.1) is 17.6 Å². The molecule has 146 valence electrons. The van der Waals surface area contributed by atoms with Crippen LogP contribution in [0.4, 0.5) is 13.2 Å². The lowest BCUT2D eigenvalue weighted by Crippen LogP contribution is -2.11. The summed E-state index contributed by atoms with van der Waals surface area (Å²) in [5, 5.41) is 0. The Balaban J connectivity index is 1.74. The monoisotopic (exact) mass is 383 g/mol. The first kappa shape index (κ1) is 20.2. The second kappa shape index (κ2) is 9.59. The van der Waals surface area contributed by atoms with Crippen molar-refractivity contribution >= 4 is 0 Å². The van der Waals surface area contributed by atoms with Crippen molar-refractivity contribution in [2.45, 2.75) is 45.4 Å². The zero-order valence-electron chi connectivity index (χ0n) is 16.0. The van der Waals surface area contributed by atoms with E-state index in [-0.39, 0.29) is 17.4 Å².